The van der Waals surface area contributed by atoms with E-state index >= 15 is 0 Å². The summed E-state index contributed by atoms with van der Waals surface area (Å²) in [4.78, 5) is 22.2. The summed E-state index contributed by atoms with van der Waals surface area (Å²) in [6.45, 7) is 12.3. The third-order valence-electron chi connectivity index (χ3n) is 5.19. The molecule has 1 unspecified atom stereocenters. The molecule has 1 amide bonds. The van der Waals surface area contributed by atoms with E-state index in [4.69, 9.17) is 9.72 Å². The lowest BCUT2D eigenvalue weighted by molar-refractivity contribution is 0.0597. The van der Waals surface area contributed by atoms with Crippen LogP contribution in [0.3, 0.4) is 0 Å². The Labute approximate surface area is 181 Å². The highest BCUT2D eigenvalue weighted by Gasteiger charge is 2.32. The predicted molar refractivity (Wildman–Crippen MR) is 122 cm³/mol. The zero-order valence-corrected chi connectivity index (χ0v) is 19.0. The molecule has 1 aromatic heterocycles. The first-order chi connectivity index (χ1) is 14.3. The molecule has 5 heteroatoms. The number of ether oxygens (including phenoxy) is 1. The molecule has 1 atom stereocenters. The molecule has 1 aliphatic heterocycles. The number of para-hydroxylation sites is 1. The summed E-state index contributed by atoms with van der Waals surface area (Å²) in [6, 6.07) is 14.0. The number of rotatable bonds is 5. The van der Waals surface area contributed by atoms with Crippen molar-refractivity contribution in [1.82, 2.24) is 9.88 Å². The number of carbonyl (C=O) groups excluding carboxylic acids is 1. The summed E-state index contributed by atoms with van der Waals surface area (Å²) in [6.07, 6.45) is 4.83. The molecular weight excluding hydrogens is 374 g/mol. The lowest BCUT2D eigenvalue weighted by Gasteiger charge is -2.38. The average Bonchev–Trinajstić information content (AvgIpc) is 2.68. The van der Waals surface area contributed by atoms with E-state index in [9.17, 15) is 4.79 Å². The van der Waals surface area contributed by atoms with E-state index in [0.29, 0.717) is 11.7 Å². The fourth-order valence-corrected chi connectivity index (χ4v) is 4.09. The van der Waals surface area contributed by atoms with E-state index in [0.717, 1.165) is 30.8 Å². The molecule has 0 saturated carbocycles. The lowest BCUT2D eigenvalue weighted by atomic mass is 9.94. The van der Waals surface area contributed by atoms with Crippen LogP contribution in [0, 0.1) is 5.92 Å². The Morgan fingerprint density at radius 2 is 1.90 bits per heavy atom. The minimum absolute atomic E-state index is 0.249. The van der Waals surface area contributed by atoms with Gasteiger partial charge in [0.05, 0.1) is 5.69 Å². The van der Waals surface area contributed by atoms with Crippen molar-refractivity contribution >= 4 is 17.6 Å². The first-order valence-corrected chi connectivity index (χ1v) is 11.0. The summed E-state index contributed by atoms with van der Waals surface area (Å²) in [5.41, 5.74) is 1.26. The zero-order valence-electron chi connectivity index (χ0n) is 19.0. The number of piperidine rings is 1. The molecule has 0 spiro atoms. The van der Waals surface area contributed by atoms with Crippen molar-refractivity contribution in [2.45, 2.75) is 65.5 Å². The van der Waals surface area contributed by atoms with Crippen LogP contribution in [0.15, 0.2) is 48.7 Å². The van der Waals surface area contributed by atoms with E-state index in [-0.39, 0.29) is 6.04 Å². The summed E-state index contributed by atoms with van der Waals surface area (Å²) in [5.74, 6) is 1.25. The largest absolute Gasteiger partial charge is 0.443 e. The number of pyridine rings is 1. The molecule has 1 aromatic carbocycles. The van der Waals surface area contributed by atoms with Gasteiger partial charge in [0.2, 0.25) is 0 Å². The highest BCUT2D eigenvalue weighted by molar-refractivity contribution is 5.96. The molecule has 1 aliphatic rings. The monoisotopic (exact) mass is 409 g/mol. The maximum Gasteiger partial charge on any atom is 0.420 e. The van der Waals surface area contributed by atoms with Gasteiger partial charge in [-0.05, 0) is 64.3 Å². The van der Waals surface area contributed by atoms with Gasteiger partial charge in [0.1, 0.15) is 11.4 Å². The smallest absolute Gasteiger partial charge is 0.420 e. The SMILES string of the molecule is CC(C)CN1CCCCC1c1cccnc1N(C(=O)OC(C)(C)C)c1ccccc1. The topological polar surface area (TPSA) is 45.7 Å². The Balaban J connectivity index is 2.05. The van der Waals surface area contributed by atoms with Crippen molar-refractivity contribution in [3.05, 3.63) is 54.2 Å². The lowest BCUT2D eigenvalue weighted by Crippen LogP contribution is -2.38. The van der Waals surface area contributed by atoms with Crippen molar-refractivity contribution in [2.75, 3.05) is 18.0 Å². The second-order valence-electron chi connectivity index (χ2n) is 9.47. The van der Waals surface area contributed by atoms with Crippen molar-refractivity contribution in [2.24, 2.45) is 5.92 Å². The number of aromatic nitrogens is 1. The van der Waals surface area contributed by atoms with Crippen LogP contribution in [-0.4, -0.2) is 34.7 Å². The maximum absolute atomic E-state index is 13.3. The number of nitrogens with zero attached hydrogens (tertiary/aromatic N) is 3. The fourth-order valence-electron chi connectivity index (χ4n) is 4.09. The van der Waals surface area contributed by atoms with Crippen LogP contribution in [0.2, 0.25) is 0 Å². The van der Waals surface area contributed by atoms with Gasteiger partial charge in [0.15, 0.2) is 0 Å². The van der Waals surface area contributed by atoms with E-state index in [1.807, 2.05) is 57.2 Å². The van der Waals surface area contributed by atoms with Crippen LogP contribution >= 0.6 is 0 Å². The normalized spacial score (nSPS) is 17.7. The Bertz CT molecular complexity index is 830. The number of benzene rings is 1. The van der Waals surface area contributed by atoms with Crippen LogP contribution in [0.5, 0.6) is 0 Å². The van der Waals surface area contributed by atoms with Gasteiger partial charge in [-0.2, -0.15) is 0 Å². The third-order valence-corrected chi connectivity index (χ3v) is 5.19. The maximum atomic E-state index is 13.3. The molecule has 2 heterocycles. The Morgan fingerprint density at radius 3 is 2.57 bits per heavy atom. The van der Waals surface area contributed by atoms with Crippen LogP contribution in [-0.2, 0) is 4.74 Å². The number of hydrogen-bond donors (Lipinski definition) is 0. The first kappa shape index (κ1) is 22.3. The summed E-state index contributed by atoms with van der Waals surface area (Å²) in [5, 5.41) is 0. The molecule has 2 aromatic rings. The van der Waals surface area contributed by atoms with E-state index in [2.05, 4.69) is 24.8 Å². The molecule has 0 radical (unpaired) electrons. The van der Waals surface area contributed by atoms with Crippen molar-refractivity contribution in [3.8, 4) is 0 Å². The number of carbonyl (C=O) groups is 1. The van der Waals surface area contributed by atoms with Crippen LogP contribution in [0.1, 0.15) is 65.5 Å². The van der Waals surface area contributed by atoms with E-state index in [1.165, 1.54) is 12.8 Å². The fraction of sp³-hybridized carbons (Fsp3) is 0.520. The van der Waals surface area contributed by atoms with Gasteiger partial charge in [0, 0.05) is 24.3 Å². The number of likely N-dealkylation sites (tertiary alicyclic amines) is 1. The van der Waals surface area contributed by atoms with Crippen molar-refractivity contribution in [3.63, 3.8) is 0 Å². The quantitative estimate of drug-likeness (QED) is 0.578. The van der Waals surface area contributed by atoms with Gasteiger partial charge in [-0.1, -0.05) is 44.5 Å². The summed E-state index contributed by atoms with van der Waals surface area (Å²) >= 11 is 0. The molecule has 1 fully saturated rings. The van der Waals surface area contributed by atoms with Crippen molar-refractivity contribution in [1.29, 1.82) is 0 Å². The molecule has 1 saturated heterocycles. The Morgan fingerprint density at radius 1 is 1.17 bits per heavy atom. The van der Waals surface area contributed by atoms with Crippen LogP contribution < -0.4 is 4.90 Å². The van der Waals surface area contributed by atoms with Gasteiger partial charge in [-0.15, -0.1) is 0 Å². The van der Waals surface area contributed by atoms with Gasteiger partial charge in [-0.3, -0.25) is 4.90 Å². The highest BCUT2D eigenvalue weighted by Crippen LogP contribution is 2.38. The van der Waals surface area contributed by atoms with Gasteiger partial charge in [0.25, 0.3) is 0 Å². The second-order valence-corrected chi connectivity index (χ2v) is 9.47. The summed E-state index contributed by atoms with van der Waals surface area (Å²) in [7, 11) is 0. The van der Waals surface area contributed by atoms with Gasteiger partial charge >= 0.3 is 6.09 Å². The number of amides is 1. The molecule has 0 N–H and O–H groups in total. The molecule has 3 rings (SSSR count). The Hall–Kier alpha value is -2.40. The molecule has 30 heavy (non-hydrogen) atoms. The standard InChI is InChI=1S/C25H35N3O2/c1-19(2)18-27-17-10-9-15-22(27)21-14-11-16-26-23(21)28(20-12-7-6-8-13-20)24(29)30-25(3,4)5/h6-8,11-14,16,19,22H,9-10,15,17-18H2,1-5H3. The van der Waals surface area contributed by atoms with Gasteiger partial charge < -0.3 is 4.74 Å². The van der Waals surface area contributed by atoms with Crippen LogP contribution in [0.4, 0.5) is 16.3 Å². The molecular formula is C25H35N3O2. The third kappa shape index (κ3) is 5.60. The van der Waals surface area contributed by atoms with Crippen LogP contribution in [0.25, 0.3) is 0 Å². The molecule has 0 aliphatic carbocycles. The summed E-state index contributed by atoms with van der Waals surface area (Å²) < 4.78 is 5.78. The Kier molecular flexibility index (Phi) is 7.14. The van der Waals surface area contributed by atoms with Crippen molar-refractivity contribution < 1.29 is 9.53 Å². The second kappa shape index (κ2) is 9.61. The highest BCUT2D eigenvalue weighted by atomic mass is 16.6. The minimum atomic E-state index is -0.590. The number of hydrogen-bond acceptors (Lipinski definition) is 4. The predicted octanol–water partition coefficient (Wildman–Crippen LogP) is 6.34. The van der Waals surface area contributed by atoms with Gasteiger partial charge in [-0.25, -0.2) is 14.7 Å². The number of anilines is 2. The minimum Gasteiger partial charge on any atom is -0.443 e. The first-order valence-electron chi connectivity index (χ1n) is 11.0. The average molecular weight is 410 g/mol. The van der Waals surface area contributed by atoms with E-state index < -0.39 is 11.7 Å². The zero-order chi connectivity index (χ0) is 21.7. The van der Waals surface area contributed by atoms with E-state index in [1.54, 1.807) is 11.1 Å². The molecule has 162 valence electrons. The molecule has 0 bridgehead atoms. The molecule has 5 nitrogen and oxygen atoms in total.